The highest BCUT2D eigenvalue weighted by Crippen LogP contribution is 2.11. The molecule has 0 aliphatic rings. The molecule has 0 aliphatic heterocycles. The van der Waals surface area contributed by atoms with Crippen LogP contribution in [0.25, 0.3) is 0 Å². The molecular weight excluding hydrogens is 262 g/mol. The van der Waals surface area contributed by atoms with E-state index in [9.17, 15) is 0 Å². The van der Waals surface area contributed by atoms with Gasteiger partial charge in [-0.15, -0.1) is 0 Å². The normalized spacial score (nSPS) is 11.9. The number of hydrogen-bond donors (Lipinski definition) is 0. The Kier molecular flexibility index (Phi) is 8.54. The summed E-state index contributed by atoms with van der Waals surface area (Å²) < 4.78 is 2.30. The molecule has 0 saturated heterocycles. The summed E-state index contributed by atoms with van der Waals surface area (Å²) in [6.07, 6.45) is 9.77. The third kappa shape index (κ3) is 6.26. The minimum Gasteiger partial charge on any atom is -1.00 e. The van der Waals surface area contributed by atoms with Gasteiger partial charge in [-0.05, 0) is 18.9 Å². The first kappa shape index (κ1) is 15.6. The van der Waals surface area contributed by atoms with Crippen molar-refractivity contribution in [1.82, 2.24) is 0 Å². The van der Waals surface area contributed by atoms with Gasteiger partial charge in [-0.3, -0.25) is 0 Å². The first-order valence-corrected chi connectivity index (χ1v) is 6.18. The fourth-order valence-electron chi connectivity index (χ4n) is 1.86. The smallest absolute Gasteiger partial charge is 0.171 e. The first-order valence-electron chi connectivity index (χ1n) is 6.18. The molecule has 0 radical (unpaired) electrons. The molecule has 1 atom stereocenters. The van der Waals surface area contributed by atoms with Crippen molar-refractivity contribution >= 4 is 0 Å². The van der Waals surface area contributed by atoms with Crippen LogP contribution < -0.4 is 21.5 Å². The summed E-state index contributed by atoms with van der Waals surface area (Å²) in [7, 11) is 0. The Morgan fingerprint density at radius 1 is 1.31 bits per heavy atom. The highest BCUT2D eigenvalue weighted by Gasteiger charge is 2.05. The molecule has 1 heterocycles. The molecule has 0 aromatic carbocycles. The van der Waals surface area contributed by atoms with Crippen LogP contribution >= 0.6 is 0 Å². The maximum Gasteiger partial charge on any atom is 0.171 e. The zero-order valence-corrected chi connectivity index (χ0v) is 12.3. The minimum atomic E-state index is 0. The van der Waals surface area contributed by atoms with Crippen molar-refractivity contribution in [2.45, 2.75) is 53.0 Å². The number of rotatable bonds is 6. The van der Waals surface area contributed by atoms with E-state index in [0.717, 1.165) is 12.5 Å². The van der Waals surface area contributed by atoms with Crippen LogP contribution in [0.5, 0.6) is 0 Å². The Morgan fingerprint density at radius 2 is 2.06 bits per heavy atom. The Bertz CT molecular complexity index is 286. The van der Waals surface area contributed by atoms with Gasteiger partial charge in [0.15, 0.2) is 12.4 Å². The van der Waals surface area contributed by atoms with E-state index >= 15 is 0 Å². The lowest BCUT2D eigenvalue weighted by atomic mass is 10.0. The van der Waals surface area contributed by atoms with Gasteiger partial charge in [0.25, 0.3) is 0 Å². The van der Waals surface area contributed by atoms with Crippen LogP contribution in [0.4, 0.5) is 0 Å². The van der Waals surface area contributed by atoms with E-state index in [1.807, 2.05) is 0 Å². The molecule has 92 valence electrons. The first-order chi connectivity index (χ1) is 7.22. The number of pyridine rings is 1. The van der Waals surface area contributed by atoms with Gasteiger partial charge in [-0.2, -0.15) is 0 Å². The van der Waals surface area contributed by atoms with E-state index in [1.165, 1.54) is 31.2 Å². The lowest BCUT2D eigenvalue weighted by molar-refractivity contribution is -0.698. The van der Waals surface area contributed by atoms with Gasteiger partial charge < -0.3 is 17.0 Å². The van der Waals surface area contributed by atoms with Crippen molar-refractivity contribution in [2.24, 2.45) is 5.92 Å². The van der Waals surface area contributed by atoms with Crippen LogP contribution in [0.15, 0.2) is 24.5 Å². The Labute approximate surface area is 111 Å². The van der Waals surface area contributed by atoms with Crippen molar-refractivity contribution in [3.05, 3.63) is 30.1 Å². The zero-order chi connectivity index (χ0) is 11.1. The lowest BCUT2D eigenvalue weighted by Gasteiger charge is -2.07. The average Bonchev–Trinajstić information content (AvgIpc) is 2.23. The third-order valence-electron chi connectivity index (χ3n) is 2.94. The number of aromatic nitrogens is 1. The largest absolute Gasteiger partial charge is 1.00 e. The molecule has 0 spiro atoms. The molecule has 1 aromatic rings. The summed E-state index contributed by atoms with van der Waals surface area (Å²) in [6, 6.07) is 4.28. The fourth-order valence-corrected chi connectivity index (χ4v) is 1.86. The number of aryl methyl sites for hydroxylation is 2. The predicted octanol–water partition coefficient (Wildman–Crippen LogP) is 0.503. The second kappa shape index (κ2) is 8.74. The number of halogens is 1. The maximum absolute atomic E-state index is 2.37. The van der Waals surface area contributed by atoms with Gasteiger partial charge in [-0.25, -0.2) is 4.57 Å². The second-order valence-corrected chi connectivity index (χ2v) is 4.66. The van der Waals surface area contributed by atoms with E-state index < -0.39 is 0 Å². The summed E-state index contributed by atoms with van der Waals surface area (Å²) in [5, 5.41) is 0. The molecule has 0 N–H and O–H groups in total. The monoisotopic (exact) mass is 285 g/mol. The Hall–Kier alpha value is -0.370. The van der Waals surface area contributed by atoms with Crippen LogP contribution in [-0.2, 0) is 6.54 Å². The standard InChI is InChI=1S/C14H24N.BrH/c1-4-5-7-13(2)9-11-15-10-6-8-14(3)12-15;/h6,8,10,12-13H,4-5,7,9,11H2,1-3H3;1H/q+1;/p-1. The highest BCUT2D eigenvalue weighted by atomic mass is 79.9. The van der Waals surface area contributed by atoms with Crippen LogP contribution in [-0.4, -0.2) is 0 Å². The van der Waals surface area contributed by atoms with Gasteiger partial charge in [0, 0.05) is 18.1 Å². The average molecular weight is 286 g/mol. The van der Waals surface area contributed by atoms with Gasteiger partial charge >= 0.3 is 0 Å². The number of unbranched alkanes of at least 4 members (excludes halogenated alkanes) is 1. The lowest BCUT2D eigenvalue weighted by Crippen LogP contribution is -3.00. The van der Waals surface area contributed by atoms with E-state index in [2.05, 4.69) is 49.9 Å². The third-order valence-corrected chi connectivity index (χ3v) is 2.94. The summed E-state index contributed by atoms with van der Waals surface area (Å²) >= 11 is 0. The summed E-state index contributed by atoms with van der Waals surface area (Å²) in [4.78, 5) is 0. The minimum absolute atomic E-state index is 0. The topological polar surface area (TPSA) is 3.88 Å². The second-order valence-electron chi connectivity index (χ2n) is 4.66. The number of hydrogen-bond acceptors (Lipinski definition) is 0. The van der Waals surface area contributed by atoms with Crippen LogP contribution in [0.1, 0.15) is 45.1 Å². The molecule has 0 saturated carbocycles. The molecule has 1 aromatic heterocycles. The zero-order valence-electron chi connectivity index (χ0n) is 10.7. The van der Waals surface area contributed by atoms with Crippen molar-refractivity contribution in [3.8, 4) is 0 Å². The van der Waals surface area contributed by atoms with E-state index in [1.54, 1.807) is 0 Å². The van der Waals surface area contributed by atoms with E-state index in [-0.39, 0.29) is 17.0 Å². The predicted molar refractivity (Wildman–Crippen MR) is 64.7 cm³/mol. The van der Waals surface area contributed by atoms with Crippen LogP contribution in [0, 0.1) is 12.8 Å². The highest BCUT2D eigenvalue weighted by molar-refractivity contribution is 5.01. The molecule has 1 unspecified atom stereocenters. The molecule has 1 rings (SSSR count). The van der Waals surface area contributed by atoms with Gasteiger partial charge in [0.1, 0.15) is 6.54 Å². The van der Waals surface area contributed by atoms with E-state index in [0.29, 0.717) is 0 Å². The Morgan fingerprint density at radius 3 is 2.69 bits per heavy atom. The quantitative estimate of drug-likeness (QED) is 0.671. The van der Waals surface area contributed by atoms with Crippen LogP contribution in [0.3, 0.4) is 0 Å². The Balaban J connectivity index is 0.00000225. The summed E-state index contributed by atoms with van der Waals surface area (Å²) in [5.74, 6) is 0.859. The SMILES string of the molecule is CCCCC(C)CC[n+]1cccc(C)c1.[Br-]. The number of nitrogens with zero attached hydrogens (tertiary/aromatic N) is 1. The molecule has 0 amide bonds. The summed E-state index contributed by atoms with van der Waals surface area (Å²) in [6.45, 7) is 7.94. The van der Waals surface area contributed by atoms with Crippen LogP contribution in [0.2, 0.25) is 0 Å². The van der Waals surface area contributed by atoms with Crippen molar-refractivity contribution in [1.29, 1.82) is 0 Å². The van der Waals surface area contributed by atoms with Crippen molar-refractivity contribution in [3.63, 3.8) is 0 Å². The molecule has 0 fully saturated rings. The molecule has 0 aliphatic carbocycles. The molecule has 16 heavy (non-hydrogen) atoms. The van der Waals surface area contributed by atoms with E-state index in [4.69, 9.17) is 0 Å². The maximum atomic E-state index is 2.37. The molecule has 1 nitrogen and oxygen atoms in total. The van der Waals surface area contributed by atoms with Gasteiger partial charge in [0.2, 0.25) is 0 Å². The van der Waals surface area contributed by atoms with Gasteiger partial charge in [0.05, 0.1) is 0 Å². The molecule has 2 heteroatoms. The van der Waals surface area contributed by atoms with Crippen molar-refractivity contribution in [2.75, 3.05) is 0 Å². The van der Waals surface area contributed by atoms with Crippen molar-refractivity contribution < 1.29 is 21.5 Å². The fraction of sp³-hybridized carbons (Fsp3) is 0.643. The summed E-state index contributed by atoms with van der Waals surface area (Å²) in [5.41, 5.74) is 1.35. The van der Waals surface area contributed by atoms with Gasteiger partial charge in [-0.1, -0.05) is 33.1 Å². The molecule has 0 bridgehead atoms. The molecular formula is C14H24BrN.